The van der Waals surface area contributed by atoms with Crippen molar-refractivity contribution in [2.75, 3.05) is 38.5 Å². The molecule has 0 heterocycles. The molecule has 1 atom stereocenters. The number of unbranched alkanes of at least 4 members (excludes halogenated alkanes) is 11. The second-order valence-electron chi connectivity index (χ2n) is 9.09. The topological polar surface area (TPSA) is 130 Å². The van der Waals surface area contributed by atoms with Gasteiger partial charge in [-0.25, -0.2) is 8.42 Å². The van der Waals surface area contributed by atoms with E-state index in [0.29, 0.717) is 19.5 Å². The maximum absolute atomic E-state index is 12.0. The normalized spacial score (nSPS) is 12.7. The minimum Gasteiger partial charge on any atom is -0.748 e. The van der Waals surface area contributed by atoms with Gasteiger partial charge in [0.25, 0.3) is 0 Å². The molecule has 202 valence electrons. The molecule has 35 heavy (non-hydrogen) atoms. The summed E-state index contributed by atoms with van der Waals surface area (Å²) in [6.45, 7) is 2.94. The molecule has 0 saturated carbocycles. The first-order valence-electron chi connectivity index (χ1n) is 13.1. The molecule has 0 spiro atoms. The van der Waals surface area contributed by atoms with Crippen molar-refractivity contribution in [2.24, 2.45) is 0 Å². The number of nitrogens with zero attached hydrogens (tertiary/aromatic N) is 1. The molecule has 0 aliphatic rings. The zero-order valence-electron chi connectivity index (χ0n) is 22.3. The average Bonchev–Trinajstić information content (AvgIpc) is 2.75. The number of allylic oxidation sites excluding steroid dienone is 2. The SMILES string of the molecule is CCCCCCCC/C=C/CCCCCCCC(=O)NCCN(CCO)CC(O)CS(=O)(=O)[O-].[Na+]. The third kappa shape index (κ3) is 28.4. The van der Waals surface area contributed by atoms with E-state index in [1.165, 1.54) is 57.8 Å². The number of aliphatic hydroxyl groups excluding tert-OH is 2. The fourth-order valence-corrected chi connectivity index (χ4v) is 4.40. The van der Waals surface area contributed by atoms with Gasteiger partial charge in [-0.05, 0) is 32.1 Å². The summed E-state index contributed by atoms with van der Waals surface area (Å²) in [5, 5.41) is 21.6. The maximum Gasteiger partial charge on any atom is 1.00 e. The van der Waals surface area contributed by atoms with Crippen molar-refractivity contribution in [3.05, 3.63) is 12.2 Å². The van der Waals surface area contributed by atoms with E-state index in [1.807, 2.05) is 0 Å². The van der Waals surface area contributed by atoms with Crippen molar-refractivity contribution in [2.45, 2.75) is 103 Å². The van der Waals surface area contributed by atoms with Crippen molar-refractivity contribution in [3.8, 4) is 0 Å². The number of hydrogen-bond donors (Lipinski definition) is 3. The summed E-state index contributed by atoms with van der Waals surface area (Å²) < 4.78 is 32.2. The Kier molecular flexibility index (Phi) is 27.2. The summed E-state index contributed by atoms with van der Waals surface area (Å²) in [6.07, 6.45) is 19.5. The van der Waals surface area contributed by atoms with E-state index in [9.17, 15) is 22.9 Å². The quantitative estimate of drug-likeness (QED) is 0.0713. The van der Waals surface area contributed by atoms with Crippen LogP contribution in [-0.4, -0.2) is 78.6 Å². The Labute approximate surface area is 236 Å². The number of amides is 1. The van der Waals surface area contributed by atoms with Gasteiger partial charge in [-0.2, -0.15) is 0 Å². The minimum atomic E-state index is -4.51. The van der Waals surface area contributed by atoms with Gasteiger partial charge >= 0.3 is 29.6 Å². The predicted octanol–water partition coefficient (Wildman–Crippen LogP) is 0.345. The van der Waals surface area contributed by atoms with Crippen LogP contribution >= 0.6 is 0 Å². The molecule has 0 aromatic heterocycles. The van der Waals surface area contributed by atoms with E-state index in [4.69, 9.17) is 5.11 Å². The number of carbonyl (C=O) groups excluding carboxylic acids is 1. The van der Waals surface area contributed by atoms with Crippen LogP contribution in [0.25, 0.3) is 0 Å². The van der Waals surface area contributed by atoms with Crippen molar-refractivity contribution >= 4 is 16.0 Å². The van der Waals surface area contributed by atoms with Crippen LogP contribution in [0.1, 0.15) is 96.8 Å². The van der Waals surface area contributed by atoms with Crippen LogP contribution in [0.4, 0.5) is 0 Å². The van der Waals surface area contributed by atoms with Crippen LogP contribution in [0.15, 0.2) is 12.2 Å². The molecular formula is C25H49N2NaO6S. The van der Waals surface area contributed by atoms with Gasteiger partial charge in [-0.1, -0.05) is 70.4 Å². The van der Waals surface area contributed by atoms with Crippen molar-refractivity contribution in [3.63, 3.8) is 0 Å². The van der Waals surface area contributed by atoms with E-state index in [-0.39, 0.29) is 55.2 Å². The van der Waals surface area contributed by atoms with Gasteiger partial charge in [-0.3, -0.25) is 9.69 Å². The smallest absolute Gasteiger partial charge is 0.748 e. The summed E-state index contributed by atoms with van der Waals surface area (Å²) in [5.74, 6) is -0.902. The number of hydrogen-bond acceptors (Lipinski definition) is 7. The van der Waals surface area contributed by atoms with Gasteiger partial charge in [-0.15, -0.1) is 0 Å². The number of rotatable bonds is 24. The number of carbonyl (C=O) groups is 1. The second kappa shape index (κ2) is 25.6. The molecule has 1 unspecified atom stereocenters. The maximum atomic E-state index is 12.0. The Morgan fingerprint density at radius 3 is 2.03 bits per heavy atom. The molecule has 0 aliphatic heterocycles. The molecule has 0 aliphatic carbocycles. The van der Waals surface area contributed by atoms with E-state index in [0.717, 1.165) is 25.7 Å². The molecule has 0 aromatic rings. The average molecular weight is 529 g/mol. The summed E-state index contributed by atoms with van der Waals surface area (Å²) in [6, 6.07) is 0. The molecule has 1 amide bonds. The zero-order valence-corrected chi connectivity index (χ0v) is 25.1. The van der Waals surface area contributed by atoms with Gasteiger partial charge in [0.1, 0.15) is 0 Å². The van der Waals surface area contributed by atoms with Gasteiger partial charge in [0.2, 0.25) is 5.91 Å². The first-order chi connectivity index (χ1) is 16.3. The Hall–Kier alpha value is -0.000000000000000222. The molecule has 3 N–H and O–H groups in total. The molecule has 0 saturated heterocycles. The third-order valence-electron chi connectivity index (χ3n) is 5.70. The van der Waals surface area contributed by atoms with Gasteiger partial charge in [0, 0.05) is 32.6 Å². The van der Waals surface area contributed by atoms with E-state index < -0.39 is 22.0 Å². The summed E-state index contributed by atoms with van der Waals surface area (Å²) >= 11 is 0. The first-order valence-corrected chi connectivity index (χ1v) is 14.7. The van der Waals surface area contributed by atoms with Crippen molar-refractivity contribution in [1.82, 2.24) is 10.2 Å². The van der Waals surface area contributed by atoms with E-state index in [2.05, 4.69) is 24.4 Å². The van der Waals surface area contributed by atoms with Gasteiger partial charge in [0.05, 0.1) is 28.6 Å². The second-order valence-corrected chi connectivity index (χ2v) is 10.5. The summed E-state index contributed by atoms with van der Waals surface area (Å²) in [7, 11) is -4.51. The first kappa shape index (κ1) is 37.2. The predicted molar refractivity (Wildman–Crippen MR) is 137 cm³/mol. The Bertz CT molecular complexity index is 619. The Morgan fingerprint density at radius 1 is 0.943 bits per heavy atom. The Morgan fingerprint density at radius 2 is 1.49 bits per heavy atom. The fraction of sp³-hybridized carbons (Fsp3) is 0.880. The van der Waals surface area contributed by atoms with Crippen LogP contribution in [0, 0.1) is 0 Å². The van der Waals surface area contributed by atoms with Gasteiger partial charge in [0.15, 0.2) is 0 Å². The molecule has 10 heteroatoms. The number of aliphatic hydroxyl groups is 2. The van der Waals surface area contributed by atoms with Crippen molar-refractivity contribution < 1.29 is 57.5 Å². The molecule has 0 fully saturated rings. The van der Waals surface area contributed by atoms with E-state index in [1.54, 1.807) is 4.90 Å². The summed E-state index contributed by atoms with van der Waals surface area (Å²) in [5.41, 5.74) is 0. The fourth-order valence-electron chi connectivity index (χ4n) is 3.82. The molecule has 0 aromatic carbocycles. The van der Waals surface area contributed by atoms with Crippen LogP contribution in [0.5, 0.6) is 0 Å². The van der Waals surface area contributed by atoms with Crippen LogP contribution < -0.4 is 34.9 Å². The largest absolute Gasteiger partial charge is 1.00 e. The zero-order chi connectivity index (χ0) is 25.5. The third-order valence-corrected chi connectivity index (χ3v) is 6.49. The standard InChI is InChI=1S/C25H50N2O6S.Na/c1-2-3-4-5-6-7-8-9-10-11-12-13-14-15-16-17-25(30)26-18-19-27(20-21-28)22-24(29)23-34(31,32)33;/h9-10,24,28-29H,2-8,11-23H2,1H3,(H,26,30)(H,31,32,33);/q;+1/p-1/b10-9+;. The number of nitrogens with one attached hydrogen (secondary N) is 1. The molecule has 0 rings (SSSR count). The van der Waals surface area contributed by atoms with Crippen molar-refractivity contribution in [1.29, 1.82) is 0 Å². The van der Waals surface area contributed by atoms with Crippen LogP contribution in [0.3, 0.4) is 0 Å². The van der Waals surface area contributed by atoms with E-state index >= 15 is 0 Å². The monoisotopic (exact) mass is 528 g/mol. The molecule has 0 bridgehead atoms. The molecule has 8 nitrogen and oxygen atoms in total. The van der Waals surface area contributed by atoms with Crippen LogP contribution in [0.2, 0.25) is 0 Å². The van der Waals surface area contributed by atoms with Gasteiger partial charge < -0.3 is 20.1 Å². The minimum absolute atomic E-state index is 0. The summed E-state index contributed by atoms with van der Waals surface area (Å²) in [4.78, 5) is 13.6. The van der Waals surface area contributed by atoms with Crippen LogP contribution in [-0.2, 0) is 14.9 Å². The Balaban J connectivity index is 0. The molecular weight excluding hydrogens is 479 g/mol. The molecule has 0 radical (unpaired) electrons.